The molecule has 1 aromatic heterocycles. The fraction of sp³-hybridized carbons (Fsp3) is 0.333. The van der Waals surface area contributed by atoms with Gasteiger partial charge in [-0.05, 0) is 61.2 Å². The molecule has 0 spiro atoms. The van der Waals surface area contributed by atoms with Gasteiger partial charge < -0.3 is 15.5 Å². The van der Waals surface area contributed by atoms with Gasteiger partial charge in [0, 0.05) is 48.7 Å². The molecule has 1 fully saturated rings. The van der Waals surface area contributed by atoms with Crippen LogP contribution in [-0.4, -0.2) is 58.0 Å². The summed E-state index contributed by atoms with van der Waals surface area (Å²) >= 11 is 0. The number of rotatable bonds is 6. The van der Waals surface area contributed by atoms with Crippen molar-refractivity contribution in [1.29, 1.82) is 0 Å². The molecule has 1 saturated heterocycles. The van der Waals surface area contributed by atoms with Crippen molar-refractivity contribution < 1.29 is 14.4 Å². The fourth-order valence-corrected chi connectivity index (χ4v) is 4.69. The molecule has 2 aliphatic rings. The number of anilines is 2. The van der Waals surface area contributed by atoms with Crippen LogP contribution < -0.4 is 10.6 Å². The molecule has 2 amide bonds. The van der Waals surface area contributed by atoms with Crippen molar-refractivity contribution >= 4 is 24.0 Å². The predicted octanol–water partition coefficient (Wildman–Crippen LogP) is 3.50. The van der Waals surface area contributed by atoms with Gasteiger partial charge in [-0.15, -0.1) is 0 Å². The van der Waals surface area contributed by atoms with Crippen LogP contribution in [0.5, 0.6) is 0 Å². The SMILES string of the molecule is C[C@@H]1CCCN2CCON1Cc1cc(Nc3nccc(-c4cccc(CNC=O)c4)n3)ccc1C2=O. The molecule has 3 aromatic rings. The number of aromatic nitrogens is 2. The molecule has 3 heterocycles. The first-order valence-corrected chi connectivity index (χ1v) is 12.3. The van der Waals surface area contributed by atoms with Crippen molar-refractivity contribution in [3.63, 3.8) is 0 Å². The number of nitrogens with one attached hydrogen (secondary N) is 2. The molecule has 2 aliphatic heterocycles. The highest BCUT2D eigenvalue weighted by molar-refractivity contribution is 5.96. The third-order valence-electron chi connectivity index (χ3n) is 6.63. The zero-order chi connectivity index (χ0) is 24.9. The zero-order valence-electron chi connectivity index (χ0n) is 20.3. The number of hydrogen-bond acceptors (Lipinski definition) is 7. The van der Waals surface area contributed by atoms with Gasteiger partial charge >= 0.3 is 0 Å². The number of nitrogens with zero attached hydrogens (tertiary/aromatic N) is 4. The Hall–Kier alpha value is -3.82. The molecular formula is C27H30N6O3. The van der Waals surface area contributed by atoms with Gasteiger partial charge in [-0.25, -0.2) is 9.97 Å². The summed E-state index contributed by atoms with van der Waals surface area (Å²) in [5, 5.41) is 7.99. The molecule has 186 valence electrons. The number of benzene rings is 2. The molecule has 1 unspecified atom stereocenters. The molecule has 0 radical (unpaired) electrons. The van der Waals surface area contributed by atoms with E-state index in [0.717, 1.165) is 47.5 Å². The highest BCUT2D eigenvalue weighted by Gasteiger charge is 2.27. The van der Waals surface area contributed by atoms with E-state index in [-0.39, 0.29) is 11.9 Å². The molecule has 9 nitrogen and oxygen atoms in total. The van der Waals surface area contributed by atoms with Gasteiger partial charge in [0.2, 0.25) is 12.4 Å². The van der Waals surface area contributed by atoms with E-state index in [1.54, 1.807) is 6.20 Å². The second-order valence-electron chi connectivity index (χ2n) is 9.15. The first kappa shape index (κ1) is 23.9. The van der Waals surface area contributed by atoms with Gasteiger partial charge in [0.15, 0.2) is 0 Å². The summed E-state index contributed by atoms with van der Waals surface area (Å²) in [5.41, 5.74) is 5.11. The lowest BCUT2D eigenvalue weighted by Gasteiger charge is -2.28. The molecule has 2 bridgehead atoms. The maximum absolute atomic E-state index is 13.3. The van der Waals surface area contributed by atoms with E-state index in [2.05, 4.69) is 22.5 Å². The number of carbonyl (C=O) groups excluding carboxylic acids is 2. The van der Waals surface area contributed by atoms with E-state index in [1.807, 2.05) is 58.5 Å². The maximum atomic E-state index is 13.3. The van der Waals surface area contributed by atoms with Crippen LogP contribution in [0.1, 0.15) is 41.3 Å². The number of amides is 2. The molecule has 2 N–H and O–H groups in total. The molecule has 0 saturated carbocycles. The lowest BCUT2D eigenvalue weighted by molar-refractivity contribution is -0.189. The number of fused-ring (bicyclic) bond motifs is 5. The Kier molecular flexibility index (Phi) is 7.20. The summed E-state index contributed by atoms with van der Waals surface area (Å²) in [7, 11) is 0. The average molecular weight is 487 g/mol. The third kappa shape index (κ3) is 5.37. The van der Waals surface area contributed by atoms with Crippen LogP contribution >= 0.6 is 0 Å². The number of carbonyl (C=O) groups is 2. The van der Waals surface area contributed by atoms with Crippen molar-refractivity contribution in [2.24, 2.45) is 0 Å². The Bertz CT molecular complexity index is 1250. The van der Waals surface area contributed by atoms with Crippen molar-refractivity contribution in [3.8, 4) is 11.3 Å². The van der Waals surface area contributed by atoms with Crippen LogP contribution in [-0.2, 0) is 22.7 Å². The van der Waals surface area contributed by atoms with Crippen molar-refractivity contribution in [3.05, 3.63) is 71.4 Å². The molecule has 9 heteroatoms. The summed E-state index contributed by atoms with van der Waals surface area (Å²) in [5.74, 6) is 0.515. The molecule has 5 rings (SSSR count). The van der Waals surface area contributed by atoms with Crippen LogP contribution in [0.15, 0.2) is 54.7 Å². The van der Waals surface area contributed by atoms with Crippen molar-refractivity contribution in [2.75, 3.05) is 25.0 Å². The Balaban J connectivity index is 1.41. The van der Waals surface area contributed by atoms with E-state index < -0.39 is 0 Å². The lowest BCUT2D eigenvalue weighted by Crippen LogP contribution is -2.35. The zero-order valence-corrected chi connectivity index (χ0v) is 20.3. The number of hydrogen-bond donors (Lipinski definition) is 2. The van der Waals surface area contributed by atoms with Crippen LogP contribution in [0.25, 0.3) is 11.3 Å². The van der Waals surface area contributed by atoms with Gasteiger partial charge in [0.05, 0.1) is 18.8 Å². The Morgan fingerprint density at radius 3 is 2.97 bits per heavy atom. The molecule has 2 aromatic carbocycles. The van der Waals surface area contributed by atoms with E-state index in [0.29, 0.717) is 44.2 Å². The summed E-state index contributed by atoms with van der Waals surface area (Å²) in [6.45, 7) is 5.00. The normalized spacial score (nSPS) is 19.8. The van der Waals surface area contributed by atoms with Crippen LogP contribution in [0.2, 0.25) is 0 Å². The van der Waals surface area contributed by atoms with E-state index in [4.69, 9.17) is 9.82 Å². The van der Waals surface area contributed by atoms with Crippen LogP contribution in [0.3, 0.4) is 0 Å². The minimum Gasteiger partial charge on any atom is -0.355 e. The topological polar surface area (TPSA) is 99.7 Å². The molecule has 2 atom stereocenters. The quantitative estimate of drug-likeness (QED) is 0.515. The van der Waals surface area contributed by atoms with Crippen LogP contribution in [0.4, 0.5) is 11.6 Å². The second kappa shape index (κ2) is 10.8. The summed E-state index contributed by atoms with van der Waals surface area (Å²) < 4.78 is 0. The van der Waals surface area contributed by atoms with Gasteiger partial charge in [-0.1, -0.05) is 18.2 Å². The highest BCUT2D eigenvalue weighted by Crippen LogP contribution is 2.26. The molecule has 36 heavy (non-hydrogen) atoms. The van der Waals surface area contributed by atoms with Crippen LogP contribution in [0, 0.1) is 0 Å². The van der Waals surface area contributed by atoms with Gasteiger partial charge in [-0.2, -0.15) is 5.06 Å². The van der Waals surface area contributed by atoms with E-state index in [9.17, 15) is 9.59 Å². The summed E-state index contributed by atoms with van der Waals surface area (Å²) in [6.07, 6.45) is 4.34. The largest absolute Gasteiger partial charge is 0.355 e. The minimum atomic E-state index is 0.0544. The highest BCUT2D eigenvalue weighted by atomic mass is 16.7. The molecular weight excluding hydrogens is 456 g/mol. The Labute approximate surface area is 210 Å². The smallest absolute Gasteiger partial charge is 0.254 e. The summed E-state index contributed by atoms with van der Waals surface area (Å²) in [4.78, 5) is 41.0. The average Bonchev–Trinajstić information content (AvgIpc) is 3.02. The second-order valence-corrected chi connectivity index (χ2v) is 9.15. The van der Waals surface area contributed by atoms with E-state index >= 15 is 0 Å². The summed E-state index contributed by atoms with van der Waals surface area (Å²) in [6, 6.07) is 15.7. The van der Waals surface area contributed by atoms with Gasteiger partial charge in [0.25, 0.3) is 5.91 Å². The predicted molar refractivity (Wildman–Crippen MR) is 136 cm³/mol. The third-order valence-corrected chi connectivity index (χ3v) is 6.63. The Morgan fingerprint density at radius 2 is 2.08 bits per heavy atom. The maximum Gasteiger partial charge on any atom is 0.254 e. The lowest BCUT2D eigenvalue weighted by atomic mass is 10.0. The standard InChI is InChI=1S/C27H30N6O3/c1-19-4-3-11-32-12-13-36-33(19)17-22-15-23(7-8-24(22)26(32)35)30-27-29-10-9-25(31-27)21-6-2-5-20(14-21)16-28-18-34/h2,5-10,14-15,18-19H,3-4,11-13,16-17H2,1H3,(H,28,34)(H,29,30,31)/t19-/m1/s1. The monoisotopic (exact) mass is 486 g/mol. The first-order valence-electron chi connectivity index (χ1n) is 12.3. The fourth-order valence-electron chi connectivity index (χ4n) is 4.69. The van der Waals surface area contributed by atoms with E-state index in [1.165, 1.54) is 0 Å². The van der Waals surface area contributed by atoms with Crippen molar-refractivity contribution in [2.45, 2.75) is 38.9 Å². The van der Waals surface area contributed by atoms with Crippen molar-refractivity contribution in [1.82, 2.24) is 25.2 Å². The number of hydroxylamine groups is 2. The molecule has 0 aliphatic carbocycles. The first-order chi connectivity index (χ1) is 17.6. The Morgan fingerprint density at radius 1 is 1.17 bits per heavy atom. The van der Waals surface area contributed by atoms with Gasteiger partial charge in [-0.3, -0.25) is 14.4 Å². The van der Waals surface area contributed by atoms with Gasteiger partial charge in [0.1, 0.15) is 0 Å². The minimum absolute atomic E-state index is 0.0544.